The Hall–Kier alpha value is -4.30. The fourth-order valence-corrected chi connectivity index (χ4v) is 5.24. The average molecular weight is 503 g/mol. The summed E-state index contributed by atoms with van der Waals surface area (Å²) >= 11 is 0. The summed E-state index contributed by atoms with van der Waals surface area (Å²) in [6, 6.07) is 29.6. The average Bonchev–Trinajstić information content (AvgIpc) is 2.89. The zero-order valence-electron chi connectivity index (χ0n) is 19.9. The van der Waals surface area contributed by atoms with Crippen LogP contribution in [0.3, 0.4) is 0 Å². The first-order chi connectivity index (χ1) is 17.4. The lowest BCUT2D eigenvalue weighted by molar-refractivity contribution is -0.114. The Morgan fingerprint density at radius 2 is 1.44 bits per heavy atom. The first-order valence-corrected chi connectivity index (χ1v) is 12.7. The third-order valence-electron chi connectivity index (χ3n) is 5.34. The topological polar surface area (TPSA) is 84.9 Å². The molecule has 0 unspecified atom stereocenters. The molecule has 0 aliphatic heterocycles. The number of nitrogens with one attached hydrogen (secondary N) is 1. The van der Waals surface area contributed by atoms with E-state index < -0.39 is 22.5 Å². The van der Waals surface area contributed by atoms with Crippen molar-refractivity contribution in [2.24, 2.45) is 0 Å². The Bertz CT molecular complexity index is 1420. The lowest BCUT2D eigenvalue weighted by Crippen LogP contribution is -2.38. The Morgan fingerprint density at radius 3 is 2.08 bits per heavy atom. The minimum atomic E-state index is -4.12. The summed E-state index contributed by atoms with van der Waals surface area (Å²) in [5.74, 6) is 1.02. The molecular weight excluding hydrogens is 476 g/mol. The van der Waals surface area contributed by atoms with Crippen LogP contribution in [0.5, 0.6) is 17.2 Å². The minimum Gasteiger partial charge on any atom is -0.495 e. The van der Waals surface area contributed by atoms with E-state index >= 15 is 0 Å². The van der Waals surface area contributed by atoms with Crippen molar-refractivity contribution in [1.29, 1.82) is 0 Å². The SMILES string of the molecule is COc1ccc(C)cc1S(=O)(=O)N(CC(=O)Nc1ccc(Oc2ccccc2)cc1)c1ccccc1. The number of para-hydroxylation sites is 2. The first-order valence-electron chi connectivity index (χ1n) is 11.2. The number of amides is 1. The maximum Gasteiger partial charge on any atom is 0.268 e. The predicted molar refractivity (Wildman–Crippen MR) is 140 cm³/mol. The van der Waals surface area contributed by atoms with Gasteiger partial charge in [0.1, 0.15) is 28.7 Å². The van der Waals surface area contributed by atoms with E-state index in [1.807, 2.05) is 30.3 Å². The summed E-state index contributed by atoms with van der Waals surface area (Å²) < 4.78 is 39.6. The summed E-state index contributed by atoms with van der Waals surface area (Å²) in [4.78, 5) is 13.0. The Balaban J connectivity index is 1.55. The van der Waals surface area contributed by atoms with E-state index in [0.29, 0.717) is 22.9 Å². The lowest BCUT2D eigenvalue weighted by Gasteiger charge is -2.25. The lowest BCUT2D eigenvalue weighted by atomic mass is 10.2. The van der Waals surface area contributed by atoms with Crippen LogP contribution in [0.2, 0.25) is 0 Å². The molecule has 8 heteroatoms. The molecule has 0 radical (unpaired) electrons. The van der Waals surface area contributed by atoms with Crippen LogP contribution >= 0.6 is 0 Å². The summed E-state index contributed by atoms with van der Waals surface area (Å²) in [5.41, 5.74) is 1.63. The van der Waals surface area contributed by atoms with Gasteiger partial charge in [0.15, 0.2) is 0 Å². The van der Waals surface area contributed by atoms with Gasteiger partial charge in [0.25, 0.3) is 10.0 Å². The van der Waals surface area contributed by atoms with Crippen molar-refractivity contribution in [3.8, 4) is 17.2 Å². The van der Waals surface area contributed by atoms with Crippen LogP contribution in [0.4, 0.5) is 11.4 Å². The molecule has 4 aromatic carbocycles. The van der Waals surface area contributed by atoms with Gasteiger partial charge in [0.2, 0.25) is 5.91 Å². The summed E-state index contributed by atoms with van der Waals surface area (Å²) in [6.45, 7) is 1.37. The largest absolute Gasteiger partial charge is 0.495 e. The first kappa shape index (κ1) is 24.8. The van der Waals surface area contributed by atoms with Gasteiger partial charge in [-0.1, -0.05) is 42.5 Å². The van der Waals surface area contributed by atoms with Gasteiger partial charge in [-0.25, -0.2) is 8.42 Å². The summed E-state index contributed by atoms with van der Waals surface area (Å²) in [5, 5.41) is 2.76. The van der Waals surface area contributed by atoms with E-state index in [0.717, 1.165) is 9.87 Å². The van der Waals surface area contributed by atoms with Crippen molar-refractivity contribution < 1.29 is 22.7 Å². The number of rotatable bonds is 9. The third kappa shape index (κ3) is 5.84. The van der Waals surface area contributed by atoms with Crippen LogP contribution < -0.4 is 19.1 Å². The standard InChI is InChI=1S/C28H26N2O5S/c1-21-13-18-26(34-2)27(19-21)36(32,33)30(23-9-5-3-6-10-23)20-28(31)29-22-14-16-25(17-15-22)35-24-11-7-4-8-12-24/h3-19H,20H2,1-2H3,(H,29,31). The van der Waals surface area contributed by atoms with Crippen molar-refractivity contribution in [3.63, 3.8) is 0 Å². The maximum absolute atomic E-state index is 13.7. The number of nitrogens with zero attached hydrogens (tertiary/aromatic N) is 1. The monoisotopic (exact) mass is 502 g/mol. The molecule has 36 heavy (non-hydrogen) atoms. The van der Waals surface area contributed by atoms with E-state index in [9.17, 15) is 13.2 Å². The second kappa shape index (κ2) is 11.0. The zero-order chi connectivity index (χ0) is 25.5. The van der Waals surface area contributed by atoms with E-state index in [-0.39, 0.29) is 10.6 Å². The highest BCUT2D eigenvalue weighted by atomic mass is 32.2. The van der Waals surface area contributed by atoms with E-state index in [4.69, 9.17) is 9.47 Å². The van der Waals surface area contributed by atoms with Crippen molar-refractivity contribution in [1.82, 2.24) is 0 Å². The quantitative estimate of drug-likeness (QED) is 0.321. The molecule has 0 aromatic heterocycles. The predicted octanol–water partition coefficient (Wildman–Crippen LogP) is 5.63. The van der Waals surface area contributed by atoms with E-state index in [1.54, 1.807) is 73.7 Å². The van der Waals surface area contributed by atoms with Crippen molar-refractivity contribution in [3.05, 3.63) is 109 Å². The normalized spacial score (nSPS) is 10.9. The van der Waals surface area contributed by atoms with Gasteiger partial charge < -0.3 is 14.8 Å². The number of hydrogen-bond acceptors (Lipinski definition) is 5. The Morgan fingerprint density at radius 1 is 0.833 bits per heavy atom. The van der Waals surface area contributed by atoms with Crippen molar-refractivity contribution in [2.75, 3.05) is 23.3 Å². The highest BCUT2D eigenvalue weighted by Crippen LogP contribution is 2.31. The number of ether oxygens (including phenoxy) is 2. The molecule has 0 fully saturated rings. The van der Waals surface area contributed by atoms with Crippen molar-refractivity contribution >= 4 is 27.3 Å². The van der Waals surface area contributed by atoms with Gasteiger partial charge in [-0.3, -0.25) is 9.10 Å². The molecule has 0 bridgehead atoms. The van der Waals surface area contributed by atoms with Gasteiger partial charge in [0.05, 0.1) is 12.8 Å². The van der Waals surface area contributed by atoms with Crippen LogP contribution in [0, 0.1) is 6.92 Å². The number of benzene rings is 4. The molecule has 1 amide bonds. The second-order valence-electron chi connectivity index (χ2n) is 7.99. The molecule has 0 saturated heterocycles. The molecule has 0 heterocycles. The molecule has 4 aromatic rings. The molecule has 4 rings (SSSR count). The number of hydrogen-bond donors (Lipinski definition) is 1. The van der Waals surface area contributed by atoms with Crippen LogP contribution in [-0.2, 0) is 14.8 Å². The third-order valence-corrected chi connectivity index (χ3v) is 7.13. The summed E-state index contributed by atoms with van der Waals surface area (Å²) in [6.07, 6.45) is 0. The van der Waals surface area contributed by atoms with Crippen LogP contribution in [0.15, 0.2) is 108 Å². The Kier molecular flexibility index (Phi) is 7.56. The van der Waals surface area contributed by atoms with Crippen LogP contribution in [0.1, 0.15) is 5.56 Å². The van der Waals surface area contributed by atoms with E-state index in [1.165, 1.54) is 13.2 Å². The second-order valence-corrected chi connectivity index (χ2v) is 9.82. The smallest absolute Gasteiger partial charge is 0.268 e. The summed E-state index contributed by atoms with van der Waals surface area (Å²) in [7, 11) is -2.71. The molecule has 184 valence electrons. The van der Waals surface area contributed by atoms with Crippen LogP contribution in [-0.4, -0.2) is 28.0 Å². The Labute approximate surface area is 211 Å². The minimum absolute atomic E-state index is 0.0101. The van der Waals surface area contributed by atoms with Gasteiger partial charge in [-0.2, -0.15) is 0 Å². The zero-order valence-corrected chi connectivity index (χ0v) is 20.7. The molecule has 1 N–H and O–H groups in total. The molecule has 0 atom stereocenters. The molecule has 0 spiro atoms. The molecule has 7 nitrogen and oxygen atoms in total. The fraction of sp³-hybridized carbons (Fsp3) is 0.107. The van der Waals surface area contributed by atoms with Crippen molar-refractivity contribution in [2.45, 2.75) is 11.8 Å². The van der Waals surface area contributed by atoms with E-state index in [2.05, 4.69) is 5.32 Å². The molecule has 0 saturated carbocycles. The molecular formula is C28H26N2O5S. The number of anilines is 2. The number of sulfonamides is 1. The number of carbonyl (C=O) groups excluding carboxylic acids is 1. The molecule has 0 aliphatic rings. The number of carbonyl (C=O) groups is 1. The molecule has 0 aliphatic carbocycles. The highest BCUT2D eigenvalue weighted by molar-refractivity contribution is 7.93. The maximum atomic E-state index is 13.7. The van der Waals surface area contributed by atoms with Gasteiger partial charge in [0, 0.05) is 5.69 Å². The number of aryl methyl sites for hydroxylation is 1. The van der Waals surface area contributed by atoms with Gasteiger partial charge >= 0.3 is 0 Å². The van der Waals surface area contributed by atoms with Gasteiger partial charge in [-0.05, 0) is 73.2 Å². The van der Waals surface area contributed by atoms with Crippen LogP contribution in [0.25, 0.3) is 0 Å². The number of methoxy groups -OCH3 is 1. The highest BCUT2D eigenvalue weighted by Gasteiger charge is 2.30. The fourth-order valence-electron chi connectivity index (χ4n) is 3.58. The van der Waals surface area contributed by atoms with Gasteiger partial charge in [-0.15, -0.1) is 0 Å².